The maximum Gasteiger partial charge on any atom is 0.251 e. The van der Waals surface area contributed by atoms with E-state index in [1.165, 1.54) is 64.8 Å². The summed E-state index contributed by atoms with van der Waals surface area (Å²) in [5.41, 5.74) is 0.642. The molecule has 0 aromatic heterocycles. The smallest absolute Gasteiger partial charge is 0.251 e. The van der Waals surface area contributed by atoms with Crippen molar-refractivity contribution < 1.29 is 14.3 Å². The topological polar surface area (TPSA) is 54.0 Å². The molecule has 1 amide bonds. The van der Waals surface area contributed by atoms with E-state index < -0.39 is 0 Å². The van der Waals surface area contributed by atoms with E-state index in [0.29, 0.717) is 23.1 Å². The van der Waals surface area contributed by atoms with Gasteiger partial charge in [0.25, 0.3) is 5.91 Å². The van der Waals surface area contributed by atoms with Crippen molar-refractivity contribution in [2.75, 3.05) is 46.1 Å². The van der Waals surface area contributed by atoms with E-state index in [1.54, 1.807) is 6.07 Å². The summed E-state index contributed by atoms with van der Waals surface area (Å²) in [6.07, 6.45) is 6.69. The highest BCUT2D eigenvalue weighted by atomic mass is 16.7. The highest BCUT2D eigenvalue weighted by Gasteiger charge is 2.40. The summed E-state index contributed by atoms with van der Waals surface area (Å²) < 4.78 is 10.7. The van der Waals surface area contributed by atoms with Crippen LogP contribution in [0.4, 0.5) is 0 Å². The highest BCUT2D eigenvalue weighted by molar-refractivity contribution is 5.94. The average Bonchev–Trinajstić information content (AvgIpc) is 3.21. The zero-order chi connectivity index (χ0) is 18.9. The first-order valence-corrected chi connectivity index (χ1v) is 10.9. The van der Waals surface area contributed by atoms with Crippen molar-refractivity contribution >= 4 is 5.91 Å². The summed E-state index contributed by atoms with van der Waals surface area (Å²) in [5.74, 6) is 2.98. The molecule has 6 nitrogen and oxygen atoms in total. The summed E-state index contributed by atoms with van der Waals surface area (Å²) in [5, 5.41) is 3.15. The lowest BCUT2D eigenvalue weighted by molar-refractivity contribution is -0.0134. The summed E-state index contributed by atoms with van der Waals surface area (Å²) in [6.45, 7) is 7.21. The number of nitrogens with one attached hydrogen (secondary N) is 1. The molecule has 4 fully saturated rings. The lowest BCUT2D eigenvalue weighted by Gasteiger charge is -2.51. The quantitative estimate of drug-likeness (QED) is 0.843. The van der Waals surface area contributed by atoms with Gasteiger partial charge in [0.05, 0.1) is 0 Å². The number of amides is 1. The standard InChI is InChI=1S/C22H31N3O3/c26-22(17-4-5-20-21(11-17)28-15-27-20)23-12-19-10-16-6-9-25(19)14-18(16)13-24-7-2-1-3-8-24/h4-5,11,16,18-19H,1-3,6-10,12-15H2,(H,23,26)/t16-,18+,19+/m1/s1. The van der Waals surface area contributed by atoms with Crippen molar-refractivity contribution in [2.24, 2.45) is 11.8 Å². The van der Waals surface area contributed by atoms with Crippen LogP contribution in [-0.2, 0) is 0 Å². The molecule has 152 valence electrons. The van der Waals surface area contributed by atoms with Gasteiger partial charge in [0, 0.05) is 31.2 Å². The maximum atomic E-state index is 12.6. The minimum atomic E-state index is -0.0224. The molecule has 0 spiro atoms. The average molecular weight is 386 g/mol. The monoisotopic (exact) mass is 385 g/mol. The fraction of sp³-hybridized carbons (Fsp3) is 0.682. The largest absolute Gasteiger partial charge is 0.454 e. The van der Waals surface area contributed by atoms with E-state index in [-0.39, 0.29) is 12.7 Å². The summed E-state index contributed by atoms with van der Waals surface area (Å²) in [7, 11) is 0. The maximum absolute atomic E-state index is 12.6. The molecule has 1 N–H and O–H groups in total. The Hall–Kier alpha value is -1.79. The molecule has 1 aromatic rings. The van der Waals surface area contributed by atoms with Crippen molar-refractivity contribution in [3.8, 4) is 11.5 Å². The van der Waals surface area contributed by atoms with Crippen LogP contribution in [0.15, 0.2) is 18.2 Å². The molecular weight excluding hydrogens is 354 g/mol. The molecule has 5 aliphatic heterocycles. The van der Waals surface area contributed by atoms with Gasteiger partial charge in [-0.3, -0.25) is 9.69 Å². The molecule has 0 saturated carbocycles. The normalized spacial score (nSPS) is 31.7. The number of carbonyl (C=O) groups is 1. The predicted octanol–water partition coefficient (Wildman–Crippen LogP) is 2.34. The number of nitrogens with zero attached hydrogens (tertiary/aromatic N) is 2. The van der Waals surface area contributed by atoms with Gasteiger partial charge in [0.15, 0.2) is 11.5 Å². The van der Waals surface area contributed by atoms with E-state index in [0.717, 1.165) is 18.4 Å². The Balaban J connectivity index is 1.14. The Morgan fingerprint density at radius 3 is 2.79 bits per heavy atom. The molecule has 4 saturated heterocycles. The predicted molar refractivity (Wildman–Crippen MR) is 107 cm³/mol. The summed E-state index contributed by atoms with van der Waals surface area (Å²) in [6, 6.07) is 5.88. The van der Waals surface area contributed by atoms with E-state index in [1.807, 2.05) is 12.1 Å². The number of hydrogen-bond acceptors (Lipinski definition) is 5. The molecule has 6 rings (SSSR count). The van der Waals surface area contributed by atoms with Gasteiger partial charge in [0.2, 0.25) is 6.79 Å². The number of benzene rings is 1. The lowest BCUT2D eigenvalue weighted by Crippen LogP contribution is -2.58. The van der Waals surface area contributed by atoms with Crippen LogP contribution in [0.3, 0.4) is 0 Å². The van der Waals surface area contributed by atoms with Gasteiger partial charge >= 0.3 is 0 Å². The zero-order valence-corrected chi connectivity index (χ0v) is 16.6. The number of rotatable bonds is 5. The molecule has 4 atom stereocenters. The molecule has 1 aromatic carbocycles. The number of hydrogen-bond donors (Lipinski definition) is 1. The minimum Gasteiger partial charge on any atom is -0.454 e. The minimum absolute atomic E-state index is 0.0224. The SMILES string of the molecule is O=C(NC[C@@H]1C[C@H]2CCN1C[C@@H]2CN1CCCCC1)c1ccc2c(c1)OCO2. The number of piperidine rings is 4. The molecule has 0 aliphatic carbocycles. The zero-order valence-electron chi connectivity index (χ0n) is 16.6. The van der Waals surface area contributed by atoms with Crippen LogP contribution in [-0.4, -0.2) is 67.8 Å². The second-order valence-corrected chi connectivity index (χ2v) is 8.83. The Kier molecular flexibility index (Phi) is 5.16. The third-order valence-corrected chi connectivity index (χ3v) is 7.09. The van der Waals surface area contributed by atoms with Gasteiger partial charge in [-0.1, -0.05) is 6.42 Å². The van der Waals surface area contributed by atoms with Crippen LogP contribution >= 0.6 is 0 Å². The third kappa shape index (κ3) is 3.72. The van der Waals surface area contributed by atoms with E-state index >= 15 is 0 Å². The van der Waals surface area contributed by atoms with E-state index in [2.05, 4.69) is 15.1 Å². The lowest BCUT2D eigenvalue weighted by atomic mass is 9.75. The third-order valence-electron chi connectivity index (χ3n) is 7.09. The van der Waals surface area contributed by atoms with Gasteiger partial charge < -0.3 is 19.7 Å². The first-order chi connectivity index (χ1) is 13.8. The second-order valence-electron chi connectivity index (χ2n) is 8.83. The summed E-state index contributed by atoms with van der Waals surface area (Å²) >= 11 is 0. The number of likely N-dealkylation sites (tertiary alicyclic amines) is 1. The fourth-order valence-corrected chi connectivity index (χ4v) is 5.49. The fourth-order valence-electron chi connectivity index (χ4n) is 5.49. The second kappa shape index (κ2) is 7.91. The molecule has 5 heterocycles. The molecule has 6 heteroatoms. The molecule has 5 aliphatic rings. The Bertz CT molecular complexity index is 719. The van der Waals surface area contributed by atoms with Crippen LogP contribution in [0, 0.1) is 11.8 Å². The van der Waals surface area contributed by atoms with Crippen molar-refractivity contribution in [3.63, 3.8) is 0 Å². The van der Waals surface area contributed by atoms with Crippen LogP contribution in [0.5, 0.6) is 11.5 Å². The van der Waals surface area contributed by atoms with Gasteiger partial charge in [-0.2, -0.15) is 0 Å². The van der Waals surface area contributed by atoms with Crippen molar-refractivity contribution in [1.82, 2.24) is 15.1 Å². The van der Waals surface area contributed by atoms with Crippen molar-refractivity contribution in [1.29, 1.82) is 0 Å². The first kappa shape index (κ1) is 18.3. The Morgan fingerprint density at radius 2 is 1.96 bits per heavy atom. The molecular formula is C22H31N3O3. The molecule has 2 bridgehead atoms. The van der Waals surface area contributed by atoms with E-state index in [4.69, 9.17) is 9.47 Å². The van der Waals surface area contributed by atoms with E-state index in [9.17, 15) is 4.79 Å². The number of ether oxygens (including phenoxy) is 2. The first-order valence-electron chi connectivity index (χ1n) is 10.9. The Labute approximate surface area is 167 Å². The van der Waals surface area contributed by atoms with Crippen LogP contribution in [0.25, 0.3) is 0 Å². The van der Waals surface area contributed by atoms with Crippen LogP contribution in [0.2, 0.25) is 0 Å². The molecule has 0 radical (unpaired) electrons. The summed E-state index contributed by atoms with van der Waals surface area (Å²) in [4.78, 5) is 17.9. The number of carbonyl (C=O) groups excluding carboxylic acids is 1. The van der Waals surface area contributed by atoms with Gasteiger partial charge in [-0.25, -0.2) is 0 Å². The Morgan fingerprint density at radius 1 is 1.11 bits per heavy atom. The molecule has 1 unspecified atom stereocenters. The van der Waals surface area contributed by atoms with Gasteiger partial charge in [-0.15, -0.1) is 0 Å². The van der Waals surface area contributed by atoms with Gasteiger partial charge in [-0.05, 0) is 75.4 Å². The molecule has 28 heavy (non-hydrogen) atoms. The van der Waals surface area contributed by atoms with Crippen LogP contribution < -0.4 is 14.8 Å². The van der Waals surface area contributed by atoms with Gasteiger partial charge in [0.1, 0.15) is 0 Å². The van der Waals surface area contributed by atoms with Crippen LogP contribution in [0.1, 0.15) is 42.5 Å². The van der Waals surface area contributed by atoms with Crippen molar-refractivity contribution in [3.05, 3.63) is 23.8 Å². The number of fused-ring (bicyclic) bond motifs is 4. The van der Waals surface area contributed by atoms with Crippen molar-refractivity contribution in [2.45, 2.75) is 38.1 Å². The highest BCUT2D eigenvalue weighted by Crippen LogP contribution is 2.37.